The molecule has 4 rings (SSSR count). The van der Waals surface area contributed by atoms with Crippen LogP contribution in [0, 0.1) is 17.3 Å². The Kier molecular flexibility index (Phi) is 7.41. The van der Waals surface area contributed by atoms with Gasteiger partial charge in [-0.05, 0) is 51.4 Å². The fraction of sp³-hybridized carbons (Fsp3) is 0.750. The van der Waals surface area contributed by atoms with Crippen molar-refractivity contribution in [2.45, 2.75) is 90.0 Å². The third-order valence-corrected chi connectivity index (χ3v) is 7.87. The molecule has 0 aliphatic carbocycles. The summed E-state index contributed by atoms with van der Waals surface area (Å²) < 4.78 is 12.1. The SMILES string of the molecule is CC(C)(C)CC(C)(C)N1CC=C[C@]23O[C@H]4C=CCCOC(=O)[C@H]4[C@H]2C(=O)N(CCCCCO)C3C1=O. The van der Waals surface area contributed by atoms with Gasteiger partial charge in [-0.2, -0.15) is 0 Å². The molecule has 4 aliphatic heterocycles. The van der Waals surface area contributed by atoms with Crippen LogP contribution in [0.15, 0.2) is 24.3 Å². The fourth-order valence-corrected chi connectivity index (χ4v) is 6.86. The number of rotatable bonds is 7. The normalized spacial score (nSPS) is 32.6. The zero-order chi connectivity index (χ0) is 26.3. The van der Waals surface area contributed by atoms with Crippen molar-refractivity contribution < 1.29 is 29.0 Å². The summed E-state index contributed by atoms with van der Waals surface area (Å²) in [6.45, 7) is 11.8. The second-order valence-electron chi connectivity index (χ2n) is 12.4. The summed E-state index contributed by atoms with van der Waals surface area (Å²) in [5, 5.41) is 9.20. The van der Waals surface area contributed by atoms with Crippen LogP contribution in [0.1, 0.15) is 66.7 Å². The van der Waals surface area contributed by atoms with Crippen LogP contribution in [-0.4, -0.2) is 82.3 Å². The number of hydrogen-bond donors (Lipinski definition) is 1. The van der Waals surface area contributed by atoms with Gasteiger partial charge in [0.05, 0.1) is 18.6 Å². The van der Waals surface area contributed by atoms with Crippen LogP contribution < -0.4 is 0 Å². The summed E-state index contributed by atoms with van der Waals surface area (Å²) in [7, 11) is 0. The Labute approximate surface area is 214 Å². The van der Waals surface area contributed by atoms with Gasteiger partial charge in [0.1, 0.15) is 17.6 Å². The van der Waals surface area contributed by atoms with Gasteiger partial charge in [0.15, 0.2) is 0 Å². The lowest BCUT2D eigenvalue weighted by molar-refractivity contribution is -0.156. The van der Waals surface area contributed by atoms with Gasteiger partial charge in [0, 0.05) is 25.2 Å². The number of ether oxygens (including phenoxy) is 2. The summed E-state index contributed by atoms with van der Waals surface area (Å²) >= 11 is 0. The Morgan fingerprint density at radius 1 is 1.06 bits per heavy atom. The van der Waals surface area contributed by atoms with Gasteiger partial charge >= 0.3 is 5.97 Å². The molecule has 4 aliphatic rings. The number of cyclic esters (lactones) is 1. The van der Waals surface area contributed by atoms with Gasteiger partial charge in [0.2, 0.25) is 11.8 Å². The van der Waals surface area contributed by atoms with Crippen LogP contribution in [-0.2, 0) is 23.9 Å². The number of fused-ring (bicyclic) bond motifs is 2. The number of likely N-dealkylation sites (tertiary alicyclic amines) is 1. The van der Waals surface area contributed by atoms with E-state index in [0.29, 0.717) is 32.4 Å². The highest BCUT2D eigenvalue weighted by Crippen LogP contribution is 2.53. The van der Waals surface area contributed by atoms with Crippen molar-refractivity contribution in [1.82, 2.24) is 9.80 Å². The first kappa shape index (κ1) is 26.9. The van der Waals surface area contributed by atoms with E-state index in [2.05, 4.69) is 34.6 Å². The topological polar surface area (TPSA) is 96.4 Å². The quantitative estimate of drug-likeness (QED) is 0.327. The molecule has 2 amide bonds. The van der Waals surface area contributed by atoms with E-state index in [4.69, 9.17) is 9.47 Å². The van der Waals surface area contributed by atoms with Crippen LogP contribution in [0.2, 0.25) is 0 Å². The molecule has 0 saturated carbocycles. The summed E-state index contributed by atoms with van der Waals surface area (Å²) in [5.41, 5.74) is -1.67. The number of esters is 1. The zero-order valence-corrected chi connectivity index (χ0v) is 22.4. The van der Waals surface area contributed by atoms with Crippen molar-refractivity contribution in [1.29, 1.82) is 0 Å². The third kappa shape index (κ3) is 4.74. The maximum atomic E-state index is 14.4. The number of amides is 2. The molecule has 5 atom stereocenters. The second-order valence-corrected chi connectivity index (χ2v) is 12.4. The molecule has 1 unspecified atom stereocenters. The highest BCUT2D eigenvalue weighted by Gasteiger charge is 2.72. The van der Waals surface area contributed by atoms with Crippen LogP contribution in [0.3, 0.4) is 0 Å². The first-order valence-electron chi connectivity index (χ1n) is 13.3. The van der Waals surface area contributed by atoms with Crippen molar-refractivity contribution in [3.63, 3.8) is 0 Å². The van der Waals surface area contributed by atoms with Crippen LogP contribution in [0.5, 0.6) is 0 Å². The van der Waals surface area contributed by atoms with Gasteiger partial charge in [-0.25, -0.2) is 0 Å². The number of unbranched alkanes of at least 4 members (excludes halogenated alkanes) is 2. The lowest BCUT2D eigenvalue weighted by atomic mass is 9.77. The van der Waals surface area contributed by atoms with Gasteiger partial charge in [-0.15, -0.1) is 0 Å². The molecule has 1 spiro atoms. The summed E-state index contributed by atoms with van der Waals surface area (Å²) in [5.74, 6) is -2.40. The average molecular weight is 503 g/mol. The van der Waals surface area contributed by atoms with E-state index in [1.54, 1.807) is 4.90 Å². The molecule has 2 saturated heterocycles. The zero-order valence-electron chi connectivity index (χ0n) is 22.4. The minimum absolute atomic E-state index is 0.000643. The van der Waals surface area contributed by atoms with Crippen LogP contribution in [0.4, 0.5) is 0 Å². The van der Waals surface area contributed by atoms with Gasteiger partial charge in [0.25, 0.3) is 0 Å². The Balaban J connectivity index is 1.76. The Hall–Kier alpha value is -2.19. The van der Waals surface area contributed by atoms with E-state index in [1.165, 1.54) is 0 Å². The Morgan fingerprint density at radius 3 is 2.50 bits per heavy atom. The van der Waals surface area contributed by atoms with Crippen molar-refractivity contribution in [3.8, 4) is 0 Å². The maximum absolute atomic E-state index is 14.4. The van der Waals surface area contributed by atoms with Crippen molar-refractivity contribution in [2.24, 2.45) is 17.3 Å². The number of aliphatic hydroxyl groups is 1. The molecule has 0 radical (unpaired) electrons. The van der Waals surface area contributed by atoms with E-state index in [9.17, 15) is 19.5 Å². The molecule has 1 N–H and O–H groups in total. The average Bonchev–Trinajstić information content (AvgIpc) is 3.13. The van der Waals surface area contributed by atoms with Crippen LogP contribution in [0.25, 0.3) is 0 Å². The molecule has 0 aromatic carbocycles. The fourth-order valence-electron chi connectivity index (χ4n) is 6.86. The second kappa shape index (κ2) is 9.93. The van der Waals surface area contributed by atoms with E-state index >= 15 is 0 Å². The lowest BCUT2D eigenvalue weighted by Crippen LogP contribution is -2.59. The smallest absolute Gasteiger partial charge is 0.312 e. The lowest BCUT2D eigenvalue weighted by Gasteiger charge is -2.44. The van der Waals surface area contributed by atoms with E-state index in [1.807, 2.05) is 29.2 Å². The molecule has 2 fully saturated rings. The minimum atomic E-state index is -1.22. The van der Waals surface area contributed by atoms with Crippen molar-refractivity contribution >= 4 is 17.8 Å². The highest BCUT2D eigenvalue weighted by molar-refractivity contribution is 5.99. The molecular weight excluding hydrogens is 460 g/mol. The standard InChI is InChI=1S/C28H42N2O6/c1-26(2,3)18-27(4,5)30-15-11-13-28-21(20-19(36-28)12-7-10-17-35-25(20)34)23(32)29(22(28)24(30)33)14-8-6-9-16-31/h7,11-13,19-22,31H,6,8-10,14-18H2,1-5H3/t19-,20+,21-,22?,28-/m0/s1. The first-order valence-corrected chi connectivity index (χ1v) is 13.3. The van der Waals surface area contributed by atoms with Gasteiger partial charge < -0.3 is 24.4 Å². The minimum Gasteiger partial charge on any atom is -0.465 e. The van der Waals surface area contributed by atoms with Crippen molar-refractivity contribution in [2.75, 3.05) is 26.3 Å². The molecule has 0 bridgehead atoms. The molecule has 0 aromatic heterocycles. The third-order valence-electron chi connectivity index (χ3n) is 7.87. The highest BCUT2D eigenvalue weighted by atomic mass is 16.6. The molecule has 200 valence electrons. The molecule has 36 heavy (non-hydrogen) atoms. The summed E-state index contributed by atoms with van der Waals surface area (Å²) in [4.78, 5) is 45.0. The predicted molar refractivity (Wildman–Crippen MR) is 135 cm³/mol. The maximum Gasteiger partial charge on any atom is 0.312 e. The largest absolute Gasteiger partial charge is 0.465 e. The number of carbonyl (C=O) groups excluding carboxylic acids is 3. The number of carbonyl (C=O) groups is 3. The number of aliphatic hydroxyl groups excluding tert-OH is 1. The molecule has 0 aromatic rings. The van der Waals surface area contributed by atoms with Gasteiger partial charge in [-0.3, -0.25) is 14.4 Å². The predicted octanol–water partition coefficient (Wildman–Crippen LogP) is 2.85. The molecule has 8 heteroatoms. The number of hydrogen-bond acceptors (Lipinski definition) is 6. The first-order chi connectivity index (χ1) is 16.9. The Bertz CT molecular complexity index is 935. The van der Waals surface area contributed by atoms with E-state index in [-0.39, 0.29) is 30.4 Å². The number of nitrogens with zero attached hydrogens (tertiary/aromatic N) is 2. The van der Waals surface area contributed by atoms with E-state index in [0.717, 1.165) is 12.8 Å². The summed E-state index contributed by atoms with van der Waals surface area (Å²) in [6.07, 6.45) is 10.4. The molecular formula is C28H42N2O6. The molecule has 8 nitrogen and oxygen atoms in total. The van der Waals surface area contributed by atoms with Crippen LogP contribution >= 0.6 is 0 Å². The Morgan fingerprint density at radius 2 is 1.81 bits per heavy atom. The summed E-state index contributed by atoms with van der Waals surface area (Å²) in [6, 6.07) is -0.850. The van der Waals surface area contributed by atoms with E-state index < -0.39 is 41.1 Å². The van der Waals surface area contributed by atoms with Crippen molar-refractivity contribution in [3.05, 3.63) is 24.3 Å². The molecule has 4 heterocycles. The van der Waals surface area contributed by atoms with Gasteiger partial charge in [-0.1, -0.05) is 45.1 Å². The monoisotopic (exact) mass is 502 g/mol.